The third-order valence-corrected chi connectivity index (χ3v) is 4.16. The lowest BCUT2D eigenvalue weighted by Gasteiger charge is -2.43. The first kappa shape index (κ1) is 8.53. The summed E-state index contributed by atoms with van der Waals surface area (Å²) < 4.78 is 0.787. The van der Waals surface area contributed by atoms with Crippen LogP contribution in [0, 0.1) is 5.41 Å². The van der Waals surface area contributed by atoms with E-state index >= 15 is 0 Å². The fourth-order valence-corrected chi connectivity index (χ4v) is 3.29. The van der Waals surface area contributed by atoms with Crippen LogP contribution in [0.3, 0.4) is 0 Å². The fraction of sp³-hybridized carbons (Fsp3) is 0.667. The molecule has 1 spiro atoms. The van der Waals surface area contributed by atoms with Crippen LogP contribution in [0.25, 0.3) is 0 Å². The van der Waals surface area contributed by atoms with Gasteiger partial charge >= 0.3 is 0 Å². The summed E-state index contributed by atoms with van der Waals surface area (Å²) in [6, 6.07) is 0. The highest BCUT2D eigenvalue weighted by atomic mass is 127. The summed E-state index contributed by atoms with van der Waals surface area (Å²) in [4.78, 5) is 11.6. The van der Waals surface area contributed by atoms with Gasteiger partial charge in [-0.3, -0.25) is 4.79 Å². The molecule has 2 N–H and O–H groups in total. The molecule has 2 rings (SSSR count). The van der Waals surface area contributed by atoms with E-state index in [4.69, 9.17) is 5.73 Å². The van der Waals surface area contributed by atoms with Crippen molar-refractivity contribution in [2.24, 2.45) is 11.1 Å². The second kappa shape index (κ2) is 2.72. The van der Waals surface area contributed by atoms with Crippen molar-refractivity contribution >= 4 is 28.4 Å². The van der Waals surface area contributed by atoms with Gasteiger partial charge in [-0.1, -0.05) is 19.3 Å². The van der Waals surface area contributed by atoms with E-state index in [0.717, 1.165) is 35.0 Å². The molecule has 0 aliphatic heterocycles. The average molecular weight is 277 g/mol. The van der Waals surface area contributed by atoms with Crippen molar-refractivity contribution in [1.82, 2.24) is 0 Å². The zero-order chi connectivity index (χ0) is 8.77. The first-order valence-corrected chi connectivity index (χ1v) is 5.47. The molecule has 2 aliphatic carbocycles. The molecule has 0 aromatic rings. The van der Waals surface area contributed by atoms with Crippen molar-refractivity contribution < 1.29 is 4.79 Å². The predicted octanol–water partition coefficient (Wildman–Crippen LogP) is 2.12. The number of hydrogen-bond acceptors (Lipinski definition) is 2. The van der Waals surface area contributed by atoms with E-state index in [1.54, 1.807) is 0 Å². The monoisotopic (exact) mass is 277 g/mol. The lowest BCUT2D eigenvalue weighted by atomic mass is 9.63. The molecule has 0 bridgehead atoms. The summed E-state index contributed by atoms with van der Waals surface area (Å²) in [6.07, 6.45) is 5.57. The molecule has 66 valence electrons. The summed E-state index contributed by atoms with van der Waals surface area (Å²) in [5.41, 5.74) is 6.54. The second-order valence-corrected chi connectivity index (χ2v) is 4.78. The van der Waals surface area contributed by atoms with Gasteiger partial charge in [0.15, 0.2) is 5.78 Å². The lowest BCUT2D eigenvalue weighted by Crippen LogP contribution is -2.47. The molecule has 12 heavy (non-hydrogen) atoms. The Kier molecular flexibility index (Phi) is 1.93. The Morgan fingerprint density at radius 1 is 1.25 bits per heavy atom. The van der Waals surface area contributed by atoms with E-state index < -0.39 is 0 Å². The largest absolute Gasteiger partial charge is 0.400 e. The van der Waals surface area contributed by atoms with Crippen molar-refractivity contribution in [3.05, 3.63) is 9.28 Å². The van der Waals surface area contributed by atoms with Crippen molar-refractivity contribution in [3.8, 4) is 0 Å². The van der Waals surface area contributed by atoms with Crippen LogP contribution in [0.1, 0.15) is 32.1 Å². The molecule has 0 amide bonds. The molecule has 2 aliphatic rings. The number of rotatable bonds is 0. The molecule has 1 fully saturated rings. The van der Waals surface area contributed by atoms with Crippen molar-refractivity contribution in [2.75, 3.05) is 0 Å². The van der Waals surface area contributed by atoms with Gasteiger partial charge in [0.25, 0.3) is 0 Å². The van der Waals surface area contributed by atoms with Gasteiger partial charge in [-0.05, 0) is 35.4 Å². The van der Waals surface area contributed by atoms with Gasteiger partial charge in [0, 0.05) is 5.70 Å². The Balaban J connectivity index is 2.29. The zero-order valence-electron chi connectivity index (χ0n) is 6.90. The van der Waals surface area contributed by atoms with E-state index in [2.05, 4.69) is 22.6 Å². The molecule has 1 saturated carbocycles. The Labute approximate surface area is 85.7 Å². The van der Waals surface area contributed by atoms with Gasteiger partial charge in [0.05, 0.1) is 8.99 Å². The highest BCUT2D eigenvalue weighted by molar-refractivity contribution is 14.1. The molecule has 2 nitrogen and oxygen atoms in total. The molecular formula is C9H12INO. The minimum atomic E-state index is -0.200. The topological polar surface area (TPSA) is 43.1 Å². The number of Topliss-reactive ketones (excluding diaryl/α,β-unsaturated/α-hetero) is 1. The Bertz CT molecular complexity index is 264. The van der Waals surface area contributed by atoms with Gasteiger partial charge in [0.2, 0.25) is 0 Å². The molecule has 0 atom stereocenters. The number of carbonyl (C=O) groups excluding carboxylic acids is 1. The van der Waals surface area contributed by atoms with E-state index in [9.17, 15) is 4.79 Å². The first-order valence-electron chi connectivity index (χ1n) is 4.39. The summed E-state index contributed by atoms with van der Waals surface area (Å²) in [5, 5.41) is 0. The minimum absolute atomic E-state index is 0.200. The second-order valence-electron chi connectivity index (χ2n) is 3.70. The maximum atomic E-state index is 11.6. The summed E-state index contributed by atoms with van der Waals surface area (Å²) in [6.45, 7) is 0. The SMILES string of the molecule is NC1=C(I)C(=O)C12CCCCC2. The molecule has 0 unspecified atom stereocenters. The number of allylic oxidation sites excluding steroid dienone is 2. The van der Waals surface area contributed by atoms with Crippen LogP contribution in [0.15, 0.2) is 9.28 Å². The predicted molar refractivity (Wildman–Crippen MR) is 55.8 cm³/mol. The van der Waals surface area contributed by atoms with Crippen LogP contribution < -0.4 is 5.73 Å². The van der Waals surface area contributed by atoms with Crippen LogP contribution in [-0.4, -0.2) is 5.78 Å². The van der Waals surface area contributed by atoms with Crippen LogP contribution in [0.4, 0.5) is 0 Å². The molecule has 0 aromatic heterocycles. The van der Waals surface area contributed by atoms with E-state index in [0.29, 0.717) is 5.78 Å². The number of hydrogen-bond donors (Lipinski definition) is 1. The van der Waals surface area contributed by atoms with Crippen LogP contribution in [-0.2, 0) is 4.79 Å². The first-order chi connectivity index (χ1) is 5.68. The van der Waals surface area contributed by atoms with Crippen molar-refractivity contribution in [1.29, 1.82) is 0 Å². The van der Waals surface area contributed by atoms with Gasteiger partial charge < -0.3 is 5.73 Å². The van der Waals surface area contributed by atoms with Crippen molar-refractivity contribution in [2.45, 2.75) is 32.1 Å². The summed E-state index contributed by atoms with van der Waals surface area (Å²) >= 11 is 2.06. The number of halogens is 1. The third kappa shape index (κ3) is 0.886. The van der Waals surface area contributed by atoms with Gasteiger partial charge in [-0.15, -0.1) is 0 Å². The molecule has 0 saturated heterocycles. The average Bonchev–Trinajstić information content (AvgIpc) is 2.16. The molecule has 0 radical (unpaired) electrons. The highest BCUT2D eigenvalue weighted by Gasteiger charge is 2.51. The minimum Gasteiger partial charge on any atom is -0.400 e. The fourth-order valence-electron chi connectivity index (χ4n) is 2.25. The Morgan fingerprint density at radius 3 is 2.33 bits per heavy atom. The molecule has 3 heteroatoms. The standard InChI is InChI=1S/C9H12INO/c10-6-7(11)9(8(6)12)4-2-1-3-5-9/h1-5,11H2. The quantitative estimate of drug-likeness (QED) is 0.689. The van der Waals surface area contributed by atoms with Crippen molar-refractivity contribution in [3.63, 3.8) is 0 Å². The Hall–Kier alpha value is -0.0600. The van der Waals surface area contributed by atoms with Crippen LogP contribution in [0.5, 0.6) is 0 Å². The molecule has 0 heterocycles. The normalized spacial score (nSPS) is 27.6. The molecule has 0 aromatic carbocycles. The number of ketones is 1. The number of carbonyl (C=O) groups is 1. The van der Waals surface area contributed by atoms with Crippen LogP contribution >= 0.6 is 22.6 Å². The third-order valence-electron chi connectivity index (χ3n) is 3.09. The van der Waals surface area contributed by atoms with Gasteiger partial charge in [0.1, 0.15) is 0 Å². The summed E-state index contributed by atoms with van der Waals surface area (Å²) in [7, 11) is 0. The maximum Gasteiger partial charge on any atom is 0.182 e. The van der Waals surface area contributed by atoms with E-state index in [1.807, 2.05) is 0 Å². The van der Waals surface area contributed by atoms with Crippen LogP contribution in [0.2, 0.25) is 0 Å². The van der Waals surface area contributed by atoms with Gasteiger partial charge in [-0.25, -0.2) is 0 Å². The lowest BCUT2D eigenvalue weighted by molar-refractivity contribution is -0.126. The Morgan fingerprint density at radius 2 is 1.83 bits per heavy atom. The van der Waals surface area contributed by atoms with E-state index in [1.165, 1.54) is 6.42 Å². The smallest absolute Gasteiger partial charge is 0.182 e. The number of nitrogens with two attached hydrogens (primary N) is 1. The molecular weight excluding hydrogens is 265 g/mol. The zero-order valence-corrected chi connectivity index (χ0v) is 9.06. The summed E-state index contributed by atoms with van der Waals surface area (Å²) in [5.74, 6) is 0.306. The highest BCUT2D eigenvalue weighted by Crippen LogP contribution is 2.52. The van der Waals surface area contributed by atoms with E-state index in [-0.39, 0.29) is 5.41 Å². The maximum absolute atomic E-state index is 11.6. The van der Waals surface area contributed by atoms with Gasteiger partial charge in [-0.2, -0.15) is 0 Å².